The fourth-order valence-corrected chi connectivity index (χ4v) is 1.56. The van der Waals surface area contributed by atoms with E-state index < -0.39 is 21.2 Å². The van der Waals surface area contributed by atoms with Gasteiger partial charge in [-0.1, -0.05) is 0 Å². The van der Waals surface area contributed by atoms with Crippen LogP contribution in [-0.2, 0) is 4.79 Å². The van der Waals surface area contributed by atoms with Crippen molar-refractivity contribution in [1.29, 1.82) is 0 Å². The predicted molar refractivity (Wildman–Crippen MR) is 69.8 cm³/mol. The molecule has 1 aromatic carbocycles. The molecule has 0 aliphatic rings. The minimum Gasteiger partial charge on any atom is -0.493 e. The first kappa shape index (κ1) is 15.5. The molecule has 0 fully saturated rings. The molecule has 0 aliphatic heterocycles. The minimum absolute atomic E-state index is 0.0935. The van der Waals surface area contributed by atoms with E-state index in [1.807, 2.05) is 0 Å². The highest BCUT2D eigenvalue weighted by atomic mass is 16.6. The largest absolute Gasteiger partial charge is 0.493 e. The third kappa shape index (κ3) is 4.63. The molecule has 0 radical (unpaired) electrons. The van der Waals surface area contributed by atoms with Gasteiger partial charge in [-0.15, -0.1) is 0 Å². The standard InChI is InChI=1S/C12H14N2O6/c1-9(15)4-2-3-7-20-10-5-6-11(13(16)17)12(8-10)14(18)19/h5-6,8H,2-4,7H2,1H3. The van der Waals surface area contributed by atoms with Crippen LogP contribution in [0.15, 0.2) is 18.2 Å². The van der Waals surface area contributed by atoms with Crippen LogP contribution < -0.4 is 4.74 Å². The quantitative estimate of drug-likeness (QED) is 0.411. The normalized spacial score (nSPS) is 10.1. The van der Waals surface area contributed by atoms with Crippen LogP contribution in [0.25, 0.3) is 0 Å². The molecule has 1 rings (SSSR count). The van der Waals surface area contributed by atoms with Gasteiger partial charge in [0.25, 0.3) is 0 Å². The highest BCUT2D eigenvalue weighted by Crippen LogP contribution is 2.30. The Balaban J connectivity index is 2.64. The lowest BCUT2D eigenvalue weighted by molar-refractivity contribution is -0.422. The number of unbranched alkanes of at least 4 members (excludes halogenated alkanes) is 1. The molecule has 8 nitrogen and oxygen atoms in total. The van der Waals surface area contributed by atoms with Gasteiger partial charge in [0.2, 0.25) is 0 Å². The second kappa shape index (κ2) is 7.17. The van der Waals surface area contributed by atoms with Crippen LogP contribution in [0.1, 0.15) is 26.2 Å². The first-order valence-electron chi connectivity index (χ1n) is 5.97. The summed E-state index contributed by atoms with van der Waals surface area (Å²) in [5, 5.41) is 21.4. The third-order valence-electron chi connectivity index (χ3n) is 2.53. The maximum Gasteiger partial charge on any atom is 0.349 e. The van der Waals surface area contributed by atoms with E-state index in [1.54, 1.807) is 0 Å². The van der Waals surface area contributed by atoms with Crippen LogP contribution in [0.5, 0.6) is 5.75 Å². The van der Waals surface area contributed by atoms with E-state index in [9.17, 15) is 25.0 Å². The Morgan fingerprint density at radius 1 is 1.15 bits per heavy atom. The molecule has 1 aromatic rings. The molecule has 0 aliphatic carbocycles. The maximum absolute atomic E-state index is 10.7. The van der Waals surface area contributed by atoms with E-state index in [1.165, 1.54) is 13.0 Å². The van der Waals surface area contributed by atoms with Gasteiger partial charge in [-0.3, -0.25) is 20.2 Å². The highest BCUT2D eigenvalue weighted by molar-refractivity contribution is 5.75. The molecule has 0 atom stereocenters. The molecule has 8 heteroatoms. The summed E-state index contributed by atoms with van der Waals surface area (Å²) in [5.41, 5.74) is -1.17. The number of ketones is 1. The summed E-state index contributed by atoms with van der Waals surface area (Å²) < 4.78 is 5.28. The zero-order chi connectivity index (χ0) is 15.1. The van der Waals surface area contributed by atoms with Crippen LogP contribution in [-0.4, -0.2) is 22.2 Å². The number of hydrogen-bond acceptors (Lipinski definition) is 6. The molecule has 0 bridgehead atoms. The van der Waals surface area contributed by atoms with Crippen molar-refractivity contribution in [2.24, 2.45) is 0 Å². The van der Waals surface area contributed by atoms with Crippen molar-refractivity contribution in [3.63, 3.8) is 0 Å². The van der Waals surface area contributed by atoms with Gasteiger partial charge in [0.05, 0.1) is 22.5 Å². The fraction of sp³-hybridized carbons (Fsp3) is 0.417. The van der Waals surface area contributed by atoms with Crippen LogP contribution in [0.4, 0.5) is 11.4 Å². The van der Waals surface area contributed by atoms with Crippen molar-refractivity contribution in [1.82, 2.24) is 0 Å². The molecule has 0 heterocycles. The van der Waals surface area contributed by atoms with Crippen molar-refractivity contribution < 1.29 is 19.4 Å². The predicted octanol–water partition coefficient (Wildman–Crippen LogP) is 2.64. The molecule has 0 unspecified atom stereocenters. The zero-order valence-corrected chi connectivity index (χ0v) is 10.9. The summed E-state index contributed by atoms with van der Waals surface area (Å²) in [4.78, 5) is 30.5. The van der Waals surface area contributed by atoms with E-state index in [0.717, 1.165) is 12.1 Å². The van der Waals surface area contributed by atoms with Gasteiger partial charge in [0, 0.05) is 12.5 Å². The number of ether oxygens (including phenoxy) is 1. The highest BCUT2D eigenvalue weighted by Gasteiger charge is 2.24. The first-order valence-corrected chi connectivity index (χ1v) is 5.97. The Hall–Kier alpha value is -2.51. The average Bonchev–Trinajstić information content (AvgIpc) is 2.37. The Bertz CT molecular complexity index is 529. The number of carbonyl (C=O) groups is 1. The first-order chi connectivity index (χ1) is 9.41. The van der Waals surface area contributed by atoms with Crippen molar-refractivity contribution in [3.8, 4) is 5.75 Å². The summed E-state index contributed by atoms with van der Waals surface area (Å²) in [6.45, 7) is 1.79. The van der Waals surface area contributed by atoms with Crippen molar-refractivity contribution >= 4 is 17.2 Å². The van der Waals surface area contributed by atoms with Crippen molar-refractivity contribution in [2.45, 2.75) is 26.2 Å². The topological polar surface area (TPSA) is 113 Å². The number of nitro benzene ring substituents is 2. The Kier molecular flexibility index (Phi) is 5.57. The molecule has 0 N–H and O–H groups in total. The molecule has 0 saturated heterocycles. The second-order valence-corrected chi connectivity index (χ2v) is 4.17. The van der Waals surface area contributed by atoms with Gasteiger partial charge in [0.1, 0.15) is 11.5 Å². The summed E-state index contributed by atoms with van der Waals surface area (Å²) in [6.07, 6.45) is 1.76. The minimum atomic E-state index is -0.819. The van der Waals surface area contributed by atoms with Crippen LogP contribution in [0, 0.1) is 20.2 Å². The van der Waals surface area contributed by atoms with E-state index in [-0.39, 0.29) is 11.5 Å². The number of rotatable bonds is 8. The van der Waals surface area contributed by atoms with Gasteiger partial charge in [-0.05, 0) is 25.8 Å². The van der Waals surface area contributed by atoms with Gasteiger partial charge in [-0.2, -0.15) is 0 Å². The molecular weight excluding hydrogens is 268 g/mol. The summed E-state index contributed by atoms with van der Waals surface area (Å²) in [5.74, 6) is 0.293. The maximum atomic E-state index is 10.7. The molecule has 108 valence electrons. The molecule has 0 amide bonds. The lowest BCUT2D eigenvalue weighted by atomic mass is 10.2. The fourth-order valence-electron chi connectivity index (χ4n) is 1.56. The summed E-state index contributed by atoms with van der Waals surface area (Å²) >= 11 is 0. The average molecular weight is 282 g/mol. The Morgan fingerprint density at radius 2 is 1.80 bits per heavy atom. The second-order valence-electron chi connectivity index (χ2n) is 4.17. The lowest BCUT2D eigenvalue weighted by Crippen LogP contribution is -2.01. The molecular formula is C12H14N2O6. The van der Waals surface area contributed by atoms with Gasteiger partial charge < -0.3 is 9.53 Å². The summed E-state index contributed by atoms with van der Waals surface area (Å²) in [6, 6.07) is 3.39. The number of nitro groups is 2. The monoisotopic (exact) mass is 282 g/mol. The van der Waals surface area contributed by atoms with Crippen molar-refractivity contribution in [2.75, 3.05) is 6.61 Å². The van der Waals surface area contributed by atoms with E-state index in [0.29, 0.717) is 25.9 Å². The molecule has 20 heavy (non-hydrogen) atoms. The van der Waals surface area contributed by atoms with Crippen LogP contribution in [0.3, 0.4) is 0 Å². The van der Waals surface area contributed by atoms with Crippen LogP contribution >= 0.6 is 0 Å². The Morgan fingerprint density at radius 3 is 2.35 bits per heavy atom. The van der Waals surface area contributed by atoms with E-state index >= 15 is 0 Å². The van der Waals surface area contributed by atoms with Crippen LogP contribution in [0.2, 0.25) is 0 Å². The number of nitrogens with zero attached hydrogens (tertiary/aromatic N) is 2. The molecule has 0 spiro atoms. The van der Waals surface area contributed by atoms with Gasteiger partial charge in [-0.25, -0.2) is 0 Å². The lowest BCUT2D eigenvalue weighted by Gasteiger charge is -2.05. The van der Waals surface area contributed by atoms with Crippen molar-refractivity contribution in [3.05, 3.63) is 38.4 Å². The number of hydrogen-bond donors (Lipinski definition) is 0. The SMILES string of the molecule is CC(=O)CCCCOc1ccc([N+](=O)[O-])c([N+](=O)[O-])c1. The van der Waals surface area contributed by atoms with E-state index in [4.69, 9.17) is 4.74 Å². The molecule has 0 aromatic heterocycles. The van der Waals surface area contributed by atoms with E-state index in [2.05, 4.69) is 0 Å². The number of Topliss-reactive ketones (excluding diaryl/α,β-unsaturated/α-hetero) is 1. The number of benzene rings is 1. The summed E-state index contributed by atoms with van der Waals surface area (Å²) in [7, 11) is 0. The third-order valence-corrected chi connectivity index (χ3v) is 2.53. The van der Waals surface area contributed by atoms with Gasteiger partial charge in [0.15, 0.2) is 0 Å². The Labute approximate surface area is 114 Å². The van der Waals surface area contributed by atoms with Gasteiger partial charge >= 0.3 is 11.4 Å². The number of carbonyl (C=O) groups excluding carboxylic acids is 1. The zero-order valence-electron chi connectivity index (χ0n) is 10.9. The smallest absolute Gasteiger partial charge is 0.349 e. The molecule has 0 saturated carbocycles.